The maximum Gasteiger partial charge on any atom is 0.219 e. The smallest absolute Gasteiger partial charge is 0.219 e. The third-order valence-electron chi connectivity index (χ3n) is 3.16. The predicted molar refractivity (Wildman–Crippen MR) is 73.1 cm³/mol. The van der Waals surface area contributed by atoms with Gasteiger partial charge in [-0.3, -0.25) is 4.79 Å². The number of carbonyl (C=O) groups excluding carboxylic acids is 1. The molecule has 0 N–H and O–H groups in total. The minimum Gasteiger partial charge on any atom is -0.345 e. The molecule has 0 radical (unpaired) electrons. The van der Waals surface area contributed by atoms with Crippen molar-refractivity contribution in [3.8, 4) is 0 Å². The first-order chi connectivity index (χ1) is 8.58. The lowest BCUT2D eigenvalue weighted by Gasteiger charge is -2.20. The topological polar surface area (TPSA) is 49.3 Å². The molecule has 100 valence electrons. The van der Waals surface area contributed by atoms with Crippen LogP contribution in [0.15, 0.2) is 0 Å². The summed E-state index contributed by atoms with van der Waals surface area (Å²) in [5.74, 6) is 1.45. The molecule has 0 atom stereocenters. The zero-order valence-electron chi connectivity index (χ0n) is 11.2. The van der Waals surface area contributed by atoms with Gasteiger partial charge in [-0.2, -0.15) is 4.37 Å². The molecular formula is C12H20N4OS. The summed E-state index contributed by atoms with van der Waals surface area (Å²) in [5.41, 5.74) is 0. The summed E-state index contributed by atoms with van der Waals surface area (Å²) in [4.78, 5) is 20.1. The number of hydrogen-bond donors (Lipinski definition) is 0. The molecule has 0 bridgehead atoms. The Morgan fingerprint density at radius 1 is 1.28 bits per heavy atom. The van der Waals surface area contributed by atoms with E-state index in [4.69, 9.17) is 0 Å². The van der Waals surface area contributed by atoms with Crippen LogP contribution in [0.1, 0.15) is 38.9 Å². The molecule has 0 unspecified atom stereocenters. The van der Waals surface area contributed by atoms with Crippen molar-refractivity contribution in [2.75, 3.05) is 31.1 Å². The van der Waals surface area contributed by atoms with Crippen molar-refractivity contribution in [3.63, 3.8) is 0 Å². The standard InChI is InChI=1S/C12H20N4OS/c1-9(2)11-13-12(18-14-11)16-6-4-5-15(7-8-16)10(3)17/h9H,4-8H2,1-3H3. The molecule has 0 spiro atoms. The van der Waals surface area contributed by atoms with Crippen LogP contribution in [0.5, 0.6) is 0 Å². The summed E-state index contributed by atoms with van der Waals surface area (Å²) in [5, 5.41) is 0.990. The Kier molecular flexibility index (Phi) is 4.16. The lowest BCUT2D eigenvalue weighted by molar-refractivity contribution is -0.128. The Hall–Kier alpha value is -1.17. The van der Waals surface area contributed by atoms with Crippen LogP contribution in [0.3, 0.4) is 0 Å². The van der Waals surface area contributed by atoms with Crippen molar-refractivity contribution in [2.45, 2.75) is 33.1 Å². The number of anilines is 1. The van der Waals surface area contributed by atoms with Crippen LogP contribution < -0.4 is 4.90 Å². The number of aromatic nitrogens is 2. The highest BCUT2D eigenvalue weighted by molar-refractivity contribution is 7.09. The molecule has 2 rings (SSSR count). The first-order valence-corrected chi connectivity index (χ1v) is 7.19. The molecule has 2 heterocycles. The van der Waals surface area contributed by atoms with E-state index < -0.39 is 0 Å². The van der Waals surface area contributed by atoms with Gasteiger partial charge in [0.2, 0.25) is 11.0 Å². The molecular weight excluding hydrogens is 248 g/mol. The van der Waals surface area contributed by atoms with E-state index >= 15 is 0 Å². The Bertz CT molecular complexity index is 418. The van der Waals surface area contributed by atoms with Crippen LogP contribution in [0.25, 0.3) is 0 Å². The van der Waals surface area contributed by atoms with Gasteiger partial charge >= 0.3 is 0 Å². The van der Waals surface area contributed by atoms with Crippen molar-refractivity contribution in [2.24, 2.45) is 0 Å². The van der Waals surface area contributed by atoms with Gasteiger partial charge in [0.15, 0.2) is 0 Å². The van der Waals surface area contributed by atoms with Gasteiger partial charge in [-0.1, -0.05) is 13.8 Å². The summed E-state index contributed by atoms with van der Waals surface area (Å²) in [6.07, 6.45) is 0.996. The quantitative estimate of drug-likeness (QED) is 0.819. The van der Waals surface area contributed by atoms with Gasteiger partial charge in [0.1, 0.15) is 5.82 Å². The van der Waals surface area contributed by atoms with Gasteiger partial charge in [-0.25, -0.2) is 4.98 Å². The van der Waals surface area contributed by atoms with Crippen LogP contribution in [-0.4, -0.2) is 46.3 Å². The van der Waals surface area contributed by atoms with Crippen LogP contribution in [0, 0.1) is 0 Å². The van der Waals surface area contributed by atoms with E-state index in [0.717, 1.165) is 43.6 Å². The first-order valence-electron chi connectivity index (χ1n) is 6.42. The lowest BCUT2D eigenvalue weighted by Crippen LogP contribution is -2.33. The van der Waals surface area contributed by atoms with Crippen molar-refractivity contribution in [1.29, 1.82) is 0 Å². The highest BCUT2D eigenvalue weighted by atomic mass is 32.1. The molecule has 18 heavy (non-hydrogen) atoms. The monoisotopic (exact) mass is 268 g/mol. The number of rotatable bonds is 2. The van der Waals surface area contributed by atoms with E-state index in [2.05, 4.69) is 28.1 Å². The molecule has 1 aliphatic rings. The molecule has 0 saturated carbocycles. The minimum atomic E-state index is 0.164. The lowest BCUT2D eigenvalue weighted by atomic mass is 10.2. The van der Waals surface area contributed by atoms with Gasteiger partial charge in [-0.05, 0) is 6.42 Å². The van der Waals surface area contributed by atoms with E-state index in [1.165, 1.54) is 11.5 Å². The Balaban J connectivity index is 2.02. The fourth-order valence-electron chi connectivity index (χ4n) is 2.01. The summed E-state index contributed by atoms with van der Waals surface area (Å²) in [6, 6.07) is 0. The second-order valence-electron chi connectivity index (χ2n) is 4.94. The van der Waals surface area contributed by atoms with E-state index in [1.807, 2.05) is 4.90 Å². The second-order valence-corrected chi connectivity index (χ2v) is 5.67. The normalized spacial score (nSPS) is 17.1. The maximum atomic E-state index is 11.4. The number of carbonyl (C=O) groups is 1. The number of nitrogens with zero attached hydrogens (tertiary/aromatic N) is 4. The van der Waals surface area contributed by atoms with Crippen molar-refractivity contribution in [3.05, 3.63) is 5.82 Å². The van der Waals surface area contributed by atoms with Gasteiger partial charge in [0.05, 0.1) is 0 Å². The molecule has 0 aromatic carbocycles. The minimum absolute atomic E-state index is 0.164. The largest absolute Gasteiger partial charge is 0.345 e. The second kappa shape index (κ2) is 5.65. The average molecular weight is 268 g/mol. The zero-order valence-corrected chi connectivity index (χ0v) is 12.0. The zero-order chi connectivity index (χ0) is 13.1. The Morgan fingerprint density at radius 2 is 2.06 bits per heavy atom. The molecule has 1 aromatic heterocycles. The molecule has 1 aliphatic heterocycles. The van der Waals surface area contributed by atoms with Crippen molar-refractivity contribution < 1.29 is 4.79 Å². The van der Waals surface area contributed by atoms with Gasteiger partial charge in [-0.15, -0.1) is 0 Å². The predicted octanol–water partition coefficient (Wildman–Crippen LogP) is 1.72. The van der Waals surface area contributed by atoms with E-state index in [0.29, 0.717) is 5.92 Å². The summed E-state index contributed by atoms with van der Waals surface area (Å²) in [6.45, 7) is 9.28. The van der Waals surface area contributed by atoms with E-state index in [-0.39, 0.29) is 5.91 Å². The highest BCUT2D eigenvalue weighted by Gasteiger charge is 2.19. The van der Waals surface area contributed by atoms with E-state index in [1.54, 1.807) is 6.92 Å². The summed E-state index contributed by atoms with van der Waals surface area (Å²) in [7, 11) is 0. The SMILES string of the molecule is CC(=O)N1CCCN(c2nc(C(C)C)ns2)CC1. The highest BCUT2D eigenvalue weighted by Crippen LogP contribution is 2.22. The third-order valence-corrected chi connectivity index (χ3v) is 3.95. The van der Waals surface area contributed by atoms with Crippen LogP contribution >= 0.6 is 11.5 Å². The van der Waals surface area contributed by atoms with Gasteiger partial charge < -0.3 is 9.80 Å². The van der Waals surface area contributed by atoms with Crippen LogP contribution in [0.4, 0.5) is 5.13 Å². The molecule has 1 amide bonds. The first kappa shape index (κ1) is 13.3. The molecule has 1 saturated heterocycles. The van der Waals surface area contributed by atoms with Crippen molar-refractivity contribution in [1.82, 2.24) is 14.3 Å². The van der Waals surface area contributed by atoms with Gasteiger partial charge in [0.25, 0.3) is 0 Å². The maximum absolute atomic E-state index is 11.4. The fraction of sp³-hybridized carbons (Fsp3) is 0.750. The Labute approximate surface area is 112 Å². The van der Waals surface area contributed by atoms with Crippen LogP contribution in [-0.2, 0) is 4.79 Å². The Morgan fingerprint density at radius 3 is 2.67 bits per heavy atom. The summed E-state index contributed by atoms with van der Waals surface area (Å²) < 4.78 is 4.38. The van der Waals surface area contributed by atoms with E-state index in [9.17, 15) is 4.79 Å². The molecule has 1 fully saturated rings. The number of hydrogen-bond acceptors (Lipinski definition) is 5. The fourth-order valence-corrected chi connectivity index (χ4v) is 2.87. The van der Waals surface area contributed by atoms with Crippen LogP contribution in [0.2, 0.25) is 0 Å². The molecule has 1 aromatic rings. The molecule has 5 nitrogen and oxygen atoms in total. The number of amides is 1. The van der Waals surface area contributed by atoms with Gasteiger partial charge in [0, 0.05) is 50.6 Å². The molecule has 6 heteroatoms. The average Bonchev–Trinajstić information content (AvgIpc) is 2.67. The molecule has 0 aliphatic carbocycles. The summed E-state index contributed by atoms with van der Waals surface area (Å²) >= 11 is 1.46. The third kappa shape index (κ3) is 2.98. The van der Waals surface area contributed by atoms with Crippen molar-refractivity contribution >= 4 is 22.6 Å².